The average Bonchev–Trinajstić information content (AvgIpc) is 3.23. The summed E-state index contributed by atoms with van der Waals surface area (Å²) in [5, 5.41) is 32.2. The number of aliphatic hydroxyl groups excluding tert-OH is 2. The number of aliphatic hydroxyl groups is 2. The fourth-order valence-corrected chi connectivity index (χ4v) is 9.58. The van der Waals surface area contributed by atoms with E-state index in [0.717, 1.165) is 38.5 Å². The second kappa shape index (κ2) is 12.1. The van der Waals surface area contributed by atoms with Gasteiger partial charge in [-0.1, -0.05) is 20.8 Å². The van der Waals surface area contributed by atoms with Crippen molar-refractivity contribution in [1.82, 2.24) is 5.48 Å². The molecule has 0 aromatic rings. The van der Waals surface area contributed by atoms with E-state index < -0.39 is 29.7 Å². The first kappa shape index (κ1) is 32.2. The third-order valence-electron chi connectivity index (χ3n) is 11.6. The highest BCUT2D eigenvalue weighted by atomic mass is 16.7. The lowest BCUT2D eigenvalue weighted by Gasteiger charge is -2.63. The minimum Gasteiger partial charge on any atom is -0.481 e. The van der Waals surface area contributed by atoms with Crippen LogP contribution < -0.4 is 5.48 Å². The lowest BCUT2D eigenvalue weighted by atomic mass is 9.43. The lowest BCUT2D eigenvalue weighted by Crippen LogP contribution is -2.62. The number of aliphatic carboxylic acids is 1. The Morgan fingerprint density at radius 2 is 1.68 bits per heavy atom. The van der Waals surface area contributed by atoms with Gasteiger partial charge >= 0.3 is 11.9 Å². The van der Waals surface area contributed by atoms with Crippen molar-refractivity contribution in [3.8, 4) is 0 Å². The number of fused-ring (bicyclic) bond motifs is 5. The van der Waals surface area contributed by atoms with E-state index in [0.29, 0.717) is 19.3 Å². The van der Waals surface area contributed by atoms with Crippen LogP contribution in [0.2, 0.25) is 0 Å². The molecule has 3 unspecified atom stereocenters. The first-order chi connectivity index (χ1) is 19.1. The zero-order valence-electron chi connectivity index (χ0n) is 25.9. The zero-order chi connectivity index (χ0) is 30.3. The summed E-state index contributed by atoms with van der Waals surface area (Å²) in [7, 11) is 0. The summed E-state index contributed by atoms with van der Waals surface area (Å²) >= 11 is 0. The fourth-order valence-electron chi connectivity index (χ4n) is 9.58. The van der Waals surface area contributed by atoms with Gasteiger partial charge in [-0.15, -0.1) is 0 Å². The molecule has 4 saturated carbocycles. The van der Waals surface area contributed by atoms with Crippen LogP contribution in [-0.2, 0) is 24.0 Å². The average molecular weight is 580 g/mol. The molecule has 234 valence electrons. The second-order valence-electron chi connectivity index (χ2n) is 15.1. The number of carbonyl (C=O) groups excluding carboxylic acids is 2. The molecule has 0 saturated heterocycles. The van der Waals surface area contributed by atoms with Gasteiger partial charge in [-0.05, 0) is 118 Å². The Morgan fingerprint density at radius 3 is 2.34 bits per heavy atom. The largest absolute Gasteiger partial charge is 0.481 e. The number of rotatable bonds is 9. The quantitative estimate of drug-likeness (QED) is 0.229. The number of hydrogen-bond donors (Lipinski definition) is 4. The van der Waals surface area contributed by atoms with E-state index in [-0.39, 0.29) is 71.3 Å². The zero-order valence-corrected chi connectivity index (χ0v) is 25.9. The molecule has 1 amide bonds. The molecule has 4 rings (SSSR count). The molecule has 0 aromatic carbocycles. The Balaban J connectivity index is 1.41. The van der Waals surface area contributed by atoms with Crippen molar-refractivity contribution in [2.75, 3.05) is 0 Å². The van der Waals surface area contributed by atoms with Crippen LogP contribution in [0.5, 0.6) is 0 Å². The summed E-state index contributed by atoms with van der Waals surface area (Å²) in [6.07, 6.45) is 5.41. The van der Waals surface area contributed by atoms with Crippen LogP contribution in [-0.4, -0.2) is 57.1 Å². The number of amides is 1. The number of carboxylic acids is 1. The van der Waals surface area contributed by atoms with Crippen LogP contribution in [0.3, 0.4) is 0 Å². The topological polar surface area (TPSA) is 142 Å². The maximum Gasteiger partial charge on any atom is 0.306 e. The minimum absolute atomic E-state index is 0.0280. The number of hydrogen-bond acceptors (Lipinski definition) is 7. The summed E-state index contributed by atoms with van der Waals surface area (Å²) in [6, 6.07) is 0. The molecule has 4 aliphatic rings. The van der Waals surface area contributed by atoms with Crippen molar-refractivity contribution in [1.29, 1.82) is 0 Å². The number of carbonyl (C=O) groups is 3. The maximum atomic E-state index is 12.4. The first-order valence-electron chi connectivity index (χ1n) is 15.8. The van der Waals surface area contributed by atoms with Gasteiger partial charge in [0.1, 0.15) is 5.60 Å². The first-order valence-corrected chi connectivity index (χ1v) is 15.8. The molecule has 0 bridgehead atoms. The second-order valence-corrected chi connectivity index (χ2v) is 15.1. The summed E-state index contributed by atoms with van der Waals surface area (Å²) in [4.78, 5) is 40.8. The van der Waals surface area contributed by atoms with Crippen molar-refractivity contribution < 1.29 is 39.3 Å². The molecule has 4 N–H and O–H groups in total. The standard InChI is InChI=1S/C32H53NO8/c1-18(7-12-28(39)40-30(2,3)4)21-8-9-22-29-23(17-25(35)32(21,22)6)31(5)14-13-20(15-19(31)16-24(29)34)41-33-26(36)10-11-27(37)38/h18-25,29,34-35H,7-17H2,1-6H3,(H,33,36)(H,37,38)/t18?,19-,20-,21?,22?,23-,24+,25-,29-,31-,32+/m0/s1. The molecule has 0 heterocycles. The number of carboxylic acid groups (broad SMARTS) is 1. The molecule has 4 aliphatic carbocycles. The number of esters is 1. The van der Waals surface area contributed by atoms with Gasteiger partial charge in [0, 0.05) is 12.8 Å². The summed E-state index contributed by atoms with van der Waals surface area (Å²) in [5.41, 5.74) is 1.62. The van der Waals surface area contributed by atoms with Crippen LogP contribution in [0, 0.1) is 46.3 Å². The number of ether oxygens (including phenoxy) is 1. The van der Waals surface area contributed by atoms with Crippen LogP contribution >= 0.6 is 0 Å². The maximum absolute atomic E-state index is 12.4. The highest BCUT2D eigenvalue weighted by Crippen LogP contribution is 2.68. The van der Waals surface area contributed by atoms with Crippen molar-refractivity contribution in [3.63, 3.8) is 0 Å². The van der Waals surface area contributed by atoms with Crippen LogP contribution in [0.1, 0.15) is 112 Å². The smallest absolute Gasteiger partial charge is 0.306 e. The Bertz CT molecular complexity index is 979. The highest BCUT2D eigenvalue weighted by molar-refractivity contribution is 5.79. The minimum atomic E-state index is -1.02. The van der Waals surface area contributed by atoms with E-state index in [4.69, 9.17) is 14.7 Å². The Labute approximate surface area is 245 Å². The molecule has 9 heteroatoms. The Kier molecular flexibility index (Phi) is 9.52. The van der Waals surface area contributed by atoms with Crippen molar-refractivity contribution in [3.05, 3.63) is 0 Å². The SMILES string of the molecule is CC(CCC(=O)OC(C)(C)C)C1CCC2[C@@H]3[C@H](O)C[C@@H]4C[C@@H](ONC(=O)CCC(=O)O)CC[C@]4(C)[C@H]3C[C@H](O)[C@]12C. The van der Waals surface area contributed by atoms with Gasteiger partial charge in [0.2, 0.25) is 5.91 Å². The van der Waals surface area contributed by atoms with E-state index >= 15 is 0 Å². The van der Waals surface area contributed by atoms with Crippen LogP contribution in [0.25, 0.3) is 0 Å². The molecule has 41 heavy (non-hydrogen) atoms. The predicted molar refractivity (Wildman–Crippen MR) is 152 cm³/mol. The van der Waals surface area contributed by atoms with Gasteiger partial charge in [0.25, 0.3) is 0 Å². The van der Waals surface area contributed by atoms with E-state index in [1.54, 1.807) is 0 Å². The fraction of sp³-hybridized carbons (Fsp3) is 0.906. The van der Waals surface area contributed by atoms with Gasteiger partial charge in [-0.25, -0.2) is 5.48 Å². The van der Waals surface area contributed by atoms with Gasteiger partial charge in [-0.3, -0.25) is 19.2 Å². The molecule has 0 aliphatic heterocycles. The number of nitrogens with one attached hydrogen (secondary N) is 1. The molecule has 0 radical (unpaired) electrons. The predicted octanol–water partition coefficient (Wildman–Crippen LogP) is 4.63. The molecular weight excluding hydrogens is 526 g/mol. The molecule has 9 nitrogen and oxygen atoms in total. The van der Waals surface area contributed by atoms with E-state index in [2.05, 4.69) is 26.3 Å². The van der Waals surface area contributed by atoms with Crippen LogP contribution in [0.15, 0.2) is 0 Å². The Hall–Kier alpha value is -1.71. The van der Waals surface area contributed by atoms with E-state index in [1.165, 1.54) is 0 Å². The summed E-state index contributed by atoms with van der Waals surface area (Å²) < 4.78 is 5.53. The van der Waals surface area contributed by atoms with Gasteiger partial charge in [0.15, 0.2) is 0 Å². The number of hydroxylamine groups is 1. The molecular formula is C32H53NO8. The molecule has 0 aromatic heterocycles. The summed E-state index contributed by atoms with van der Waals surface area (Å²) in [5.74, 6) is -0.259. The van der Waals surface area contributed by atoms with Gasteiger partial charge < -0.3 is 20.1 Å². The van der Waals surface area contributed by atoms with E-state index in [1.807, 2.05) is 20.8 Å². The highest BCUT2D eigenvalue weighted by Gasteiger charge is 2.65. The van der Waals surface area contributed by atoms with Gasteiger partial charge in [-0.2, -0.15) is 0 Å². The van der Waals surface area contributed by atoms with Crippen LogP contribution in [0.4, 0.5) is 0 Å². The normalized spacial score (nSPS) is 41.0. The molecule has 4 fully saturated rings. The van der Waals surface area contributed by atoms with E-state index in [9.17, 15) is 24.6 Å². The summed E-state index contributed by atoms with van der Waals surface area (Å²) in [6.45, 7) is 12.4. The van der Waals surface area contributed by atoms with Crippen molar-refractivity contribution >= 4 is 17.8 Å². The van der Waals surface area contributed by atoms with Gasteiger partial charge in [0.05, 0.1) is 24.7 Å². The molecule has 0 spiro atoms. The third-order valence-corrected chi connectivity index (χ3v) is 11.6. The van der Waals surface area contributed by atoms with Crippen molar-refractivity contribution in [2.24, 2.45) is 46.3 Å². The Morgan fingerprint density at radius 1 is 0.976 bits per heavy atom. The monoisotopic (exact) mass is 579 g/mol. The molecule has 11 atom stereocenters. The lowest BCUT2D eigenvalue weighted by molar-refractivity contribution is -0.212. The third kappa shape index (κ3) is 6.62. The van der Waals surface area contributed by atoms with Crippen molar-refractivity contribution in [2.45, 2.75) is 136 Å².